The highest BCUT2D eigenvalue weighted by Gasteiger charge is 2.17. The van der Waals surface area contributed by atoms with Crippen LogP contribution in [0.1, 0.15) is 22.7 Å². The predicted molar refractivity (Wildman–Crippen MR) is 110 cm³/mol. The molecule has 3 aromatic rings. The molecule has 0 saturated carbocycles. The lowest BCUT2D eigenvalue weighted by molar-refractivity contribution is -0.119. The summed E-state index contributed by atoms with van der Waals surface area (Å²) in [6, 6.07) is 6.88. The Labute approximate surface area is 176 Å². The number of carbonyl (C=O) groups is 1. The van der Waals surface area contributed by atoms with Gasteiger partial charge < -0.3 is 29.5 Å². The zero-order chi connectivity index (χ0) is 21.8. The highest BCUT2D eigenvalue weighted by Crippen LogP contribution is 2.29. The van der Waals surface area contributed by atoms with E-state index in [2.05, 4.69) is 15.1 Å². The summed E-state index contributed by atoms with van der Waals surface area (Å²) in [5.41, 5.74) is 7.70. The van der Waals surface area contributed by atoms with Crippen LogP contribution < -0.4 is 20.8 Å². The first-order valence-electron chi connectivity index (χ1n) is 9.47. The number of primary amides is 1. The fourth-order valence-corrected chi connectivity index (χ4v) is 3.12. The number of aromatic nitrogens is 3. The molecule has 10 nitrogen and oxygen atoms in total. The second-order valence-electron chi connectivity index (χ2n) is 6.77. The number of H-pyrrole nitrogens is 1. The topological polar surface area (TPSA) is 143 Å². The van der Waals surface area contributed by atoms with Crippen molar-refractivity contribution in [1.82, 2.24) is 15.1 Å². The monoisotopic (exact) mass is 424 g/mol. The first-order chi connectivity index (χ1) is 15.0. The largest absolute Gasteiger partial charge is 0.493 e. The molecule has 0 atom stereocenters. The smallest absolute Gasteiger partial charge is 0.259 e. The Hall–Kier alpha value is -3.92. The van der Waals surface area contributed by atoms with E-state index in [0.717, 1.165) is 16.8 Å². The van der Waals surface area contributed by atoms with Crippen LogP contribution in [-0.4, -0.2) is 41.4 Å². The molecule has 160 valence electrons. The second kappa shape index (κ2) is 8.84. The summed E-state index contributed by atoms with van der Waals surface area (Å²) < 4.78 is 21.3. The molecule has 0 unspecified atom stereocenters. The summed E-state index contributed by atoms with van der Waals surface area (Å²) in [4.78, 5) is 30.4. The summed E-state index contributed by atoms with van der Waals surface area (Å²) in [6.45, 7) is 0.775. The summed E-state index contributed by atoms with van der Waals surface area (Å²) in [5, 5.41) is 3.91. The summed E-state index contributed by atoms with van der Waals surface area (Å²) >= 11 is 0. The number of fused-ring (bicyclic) bond motifs is 1. The number of pyridine rings is 1. The van der Waals surface area contributed by atoms with Crippen molar-refractivity contribution in [3.63, 3.8) is 0 Å². The summed E-state index contributed by atoms with van der Waals surface area (Å²) in [5.74, 6) is 0.688. The number of nitrogens with one attached hydrogen (secondary N) is 1. The third-order valence-electron chi connectivity index (χ3n) is 4.63. The van der Waals surface area contributed by atoms with Crippen molar-refractivity contribution in [3.8, 4) is 22.9 Å². The SMILES string of the molecule is COc1cc(/C=C/c2nc(-c3cc4c([nH]c3=O)CCOC4)no2)ccc1OCC(N)=O. The van der Waals surface area contributed by atoms with Crippen LogP contribution >= 0.6 is 0 Å². The maximum Gasteiger partial charge on any atom is 0.259 e. The third kappa shape index (κ3) is 4.64. The van der Waals surface area contributed by atoms with Gasteiger partial charge in [-0.2, -0.15) is 4.98 Å². The van der Waals surface area contributed by atoms with Crippen LogP contribution in [0.3, 0.4) is 0 Å². The van der Waals surface area contributed by atoms with E-state index in [9.17, 15) is 9.59 Å². The quantitative estimate of drug-likeness (QED) is 0.581. The molecule has 0 spiro atoms. The van der Waals surface area contributed by atoms with Crippen LogP contribution in [-0.2, 0) is 22.6 Å². The molecule has 0 aliphatic carbocycles. The molecule has 0 bridgehead atoms. The second-order valence-corrected chi connectivity index (χ2v) is 6.77. The van der Waals surface area contributed by atoms with Gasteiger partial charge in [-0.25, -0.2) is 0 Å². The molecular weight excluding hydrogens is 404 g/mol. The fourth-order valence-electron chi connectivity index (χ4n) is 3.12. The minimum atomic E-state index is -0.580. The standard InChI is InChI=1S/C21H20N4O6/c1-28-17-8-12(2-4-16(17)30-11-18(22)26)3-5-19-24-20(25-31-19)14-9-13-10-29-7-6-15(13)23-21(14)27/h2-5,8-9H,6-7,10-11H2,1H3,(H2,22,26)(H,23,27)/b5-3+. The van der Waals surface area contributed by atoms with Gasteiger partial charge in [0.15, 0.2) is 18.1 Å². The molecule has 10 heteroatoms. The zero-order valence-corrected chi connectivity index (χ0v) is 16.7. The van der Waals surface area contributed by atoms with E-state index in [1.807, 2.05) is 0 Å². The third-order valence-corrected chi connectivity index (χ3v) is 4.63. The van der Waals surface area contributed by atoms with E-state index in [-0.39, 0.29) is 23.9 Å². The van der Waals surface area contributed by atoms with E-state index in [1.54, 1.807) is 36.4 Å². The van der Waals surface area contributed by atoms with Crippen molar-refractivity contribution in [2.75, 3.05) is 20.3 Å². The summed E-state index contributed by atoms with van der Waals surface area (Å²) in [6.07, 6.45) is 4.02. The van der Waals surface area contributed by atoms with Crippen LogP contribution in [0.2, 0.25) is 0 Å². The fraction of sp³-hybridized carbons (Fsp3) is 0.238. The molecule has 3 heterocycles. The van der Waals surface area contributed by atoms with Crippen molar-refractivity contribution in [3.05, 3.63) is 57.3 Å². The molecule has 0 fully saturated rings. The normalized spacial score (nSPS) is 13.2. The summed E-state index contributed by atoms with van der Waals surface area (Å²) in [7, 11) is 1.49. The van der Waals surface area contributed by atoms with Crippen LogP contribution in [0.5, 0.6) is 11.5 Å². The Kier molecular flexibility index (Phi) is 5.80. The van der Waals surface area contributed by atoms with Crippen LogP contribution in [0.15, 0.2) is 33.6 Å². The minimum Gasteiger partial charge on any atom is -0.493 e. The van der Waals surface area contributed by atoms with Gasteiger partial charge in [-0.05, 0) is 35.4 Å². The number of nitrogens with zero attached hydrogens (tertiary/aromatic N) is 2. The number of hydrogen-bond acceptors (Lipinski definition) is 8. The Morgan fingerprint density at radius 3 is 2.97 bits per heavy atom. The molecule has 3 N–H and O–H groups in total. The Balaban J connectivity index is 1.53. The number of nitrogens with two attached hydrogens (primary N) is 1. The predicted octanol–water partition coefficient (Wildman–Crippen LogP) is 1.54. The number of aromatic amines is 1. The van der Waals surface area contributed by atoms with E-state index >= 15 is 0 Å². The highest BCUT2D eigenvalue weighted by molar-refractivity contribution is 5.75. The average molecular weight is 424 g/mol. The van der Waals surface area contributed by atoms with Crippen LogP contribution in [0.4, 0.5) is 0 Å². The number of methoxy groups -OCH3 is 1. The van der Waals surface area contributed by atoms with Gasteiger partial charge in [0.05, 0.1) is 25.9 Å². The van der Waals surface area contributed by atoms with Crippen LogP contribution in [0.25, 0.3) is 23.5 Å². The number of carbonyl (C=O) groups excluding carboxylic acids is 1. The lowest BCUT2D eigenvalue weighted by Gasteiger charge is -2.15. The van der Waals surface area contributed by atoms with Crippen molar-refractivity contribution < 1.29 is 23.5 Å². The van der Waals surface area contributed by atoms with E-state index < -0.39 is 5.91 Å². The molecular formula is C21H20N4O6. The van der Waals surface area contributed by atoms with Gasteiger partial charge in [0.25, 0.3) is 17.4 Å². The van der Waals surface area contributed by atoms with E-state index in [4.69, 9.17) is 24.5 Å². The zero-order valence-electron chi connectivity index (χ0n) is 16.7. The lowest BCUT2D eigenvalue weighted by atomic mass is 10.1. The van der Waals surface area contributed by atoms with Gasteiger partial charge in [0.1, 0.15) is 0 Å². The van der Waals surface area contributed by atoms with Crippen molar-refractivity contribution in [2.24, 2.45) is 5.73 Å². The number of rotatable bonds is 7. The molecule has 1 aliphatic rings. The molecule has 1 aromatic carbocycles. The Morgan fingerprint density at radius 2 is 2.16 bits per heavy atom. The first-order valence-corrected chi connectivity index (χ1v) is 9.47. The van der Waals surface area contributed by atoms with Gasteiger partial charge in [-0.1, -0.05) is 11.2 Å². The molecule has 4 rings (SSSR count). The molecule has 2 aromatic heterocycles. The van der Waals surface area contributed by atoms with Gasteiger partial charge in [0.2, 0.25) is 5.82 Å². The van der Waals surface area contributed by atoms with Gasteiger partial charge in [0, 0.05) is 18.2 Å². The molecule has 31 heavy (non-hydrogen) atoms. The first kappa shape index (κ1) is 20.4. The number of amides is 1. The Morgan fingerprint density at radius 1 is 1.29 bits per heavy atom. The molecule has 1 aliphatic heterocycles. The number of benzene rings is 1. The average Bonchev–Trinajstić information content (AvgIpc) is 3.24. The highest BCUT2D eigenvalue weighted by atomic mass is 16.5. The van der Waals surface area contributed by atoms with E-state index in [1.165, 1.54) is 7.11 Å². The molecule has 1 amide bonds. The molecule has 0 radical (unpaired) electrons. The maximum atomic E-state index is 12.4. The van der Waals surface area contributed by atoms with Gasteiger partial charge in [-0.3, -0.25) is 9.59 Å². The Bertz CT molecular complexity index is 1200. The van der Waals surface area contributed by atoms with E-state index in [0.29, 0.717) is 36.7 Å². The van der Waals surface area contributed by atoms with Gasteiger partial charge >= 0.3 is 0 Å². The number of ether oxygens (including phenoxy) is 3. The minimum absolute atomic E-state index is 0.196. The van der Waals surface area contributed by atoms with Gasteiger partial charge in [-0.15, -0.1) is 0 Å². The van der Waals surface area contributed by atoms with Crippen LogP contribution in [0, 0.1) is 0 Å². The van der Waals surface area contributed by atoms with Crippen molar-refractivity contribution in [2.45, 2.75) is 13.0 Å². The van der Waals surface area contributed by atoms with Crippen molar-refractivity contribution in [1.29, 1.82) is 0 Å². The lowest BCUT2D eigenvalue weighted by Crippen LogP contribution is -2.20. The number of hydrogen-bond donors (Lipinski definition) is 2. The molecule has 0 saturated heterocycles. The maximum absolute atomic E-state index is 12.4. The van der Waals surface area contributed by atoms with Crippen molar-refractivity contribution >= 4 is 18.1 Å².